The molecule has 0 aliphatic heterocycles. The minimum Gasteiger partial charge on any atom is -0.312 e. The Bertz CT molecular complexity index is 541. The molecule has 18 heavy (non-hydrogen) atoms. The third-order valence-electron chi connectivity index (χ3n) is 2.79. The lowest BCUT2D eigenvalue weighted by Crippen LogP contribution is -2.13. The number of aromatic nitrogens is 3. The molecule has 0 N–H and O–H groups in total. The molecule has 2 aromatic heterocycles. The first-order valence-corrected chi connectivity index (χ1v) is 7.95. The highest BCUT2D eigenvalue weighted by Gasteiger charge is 2.14. The van der Waals surface area contributed by atoms with Crippen LogP contribution in [-0.2, 0) is 13.0 Å². The van der Waals surface area contributed by atoms with Gasteiger partial charge in [0.15, 0.2) is 5.65 Å². The van der Waals surface area contributed by atoms with E-state index < -0.39 is 0 Å². The van der Waals surface area contributed by atoms with Gasteiger partial charge < -0.3 is 4.57 Å². The topological polar surface area (TPSA) is 30.7 Å². The van der Waals surface area contributed by atoms with Crippen molar-refractivity contribution in [3.8, 4) is 0 Å². The van der Waals surface area contributed by atoms with Crippen molar-refractivity contribution in [3.05, 3.63) is 23.1 Å². The van der Waals surface area contributed by atoms with Crippen LogP contribution in [0.5, 0.6) is 0 Å². The molecule has 0 amide bonds. The second-order valence-electron chi connectivity index (χ2n) is 4.12. The summed E-state index contributed by atoms with van der Waals surface area (Å²) in [6, 6.07) is 1.85. The fourth-order valence-corrected chi connectivity index (χ4v) is 2.45. The first kappa shape index (κ1) is 14.0. The fourth-order valence-electron chi connectivity index (χ4n) is 1.83. The van der Waals surface area contributed by atoms with Gasteiger partial charge in [0.25, 0.3) is 0 Å². The molecule has 98 valence electrons. The number of aryl methyl sites for hydroxylation is 1. The number of halogens is 2. The maximum atomic E-state index is 5.95. The lowest BCUT2D eigenvalue weighted by atomic mass is 10.4. The van der Waals surface area contributed by atoms with Gasteiger partial charge in [-0.05, 0) is 12.3 Å². The van der Waals surface area contributed by atoms with Crippen LogP contribution < -0.4 is 0 Å². The highest BCUT2D eigenvalue weighted by molar-refractivity contribution is 7.99. The molecule has 3 nitrogen and oxygen atoms in total. The second kappa shape index (κ2) is 6.13. The molecule has 0 fully saturated rings. The molecule has 2 aromatic rings. The summed E-state index contributed by atoms with van der Waals surface area (Å²) in [6.07, 6.45) is 4.52. The average molecular weight is 304 g/mol. The van der Waals surface area contributed by atoms with Gasteiger partial charge in [0.2, 0.25) is 0 Å². The Morgan fingerprint density at radius 3 is 2.94 bits per heavy atom. The summed E-state index contributed by atoms with van der Waals surface area (Å²) in [5.41, 5.74) is 1.73. The highest BCUT2D eigenvalue weighted by atomic mass is 35.5. The van der Waals surface area contributed by atoms with E-state index in [4.69, 9.17) is 23.2 Å². The van der Waals surface area contributed by atoms with E-state index in [1.54, 1.807) is 6.20 Å². The SMILES string of the molecule is CSC(C)Cn1c(CCCl)nc2cc(Cl)cnc21. The molecule has 0 saturated heterocycles. The largest absolute Gasteiger partial charge is 0.312 e. The fraction of sp³-hybridized carbons (Fsp3) is 0.500. The predicted molar refractivity (Wildman–Crippen MR) is 79.9 cm³/mol. The molecule has 0 bridgehead atoms. The van der Waals surface area contributed by atoms with Gasteiger partial charge in [-0.25, -0.2) is 9.97 Å². The number of fused-ring (bicyclic) bond motifs is 1. The number of pyridine rings is 1. The van der Waals surface area contributed by atoms with E-state index >= 15 is 0 Å². The van der Waals surface area contributed by atoms with Gasteiger partial charge in [0.1, 0.15) is 11.3 Å². The molecule has 6 heteroatoms. The standard InChI is InChI=1S/C12H15Cl2N3S/c1-8(18-2)7-17-11(3-4-13)16-10-5-9(14)6-15-12(10)17/h5-6,8H,3-4,7H2,1-2H3. The lowest BCUT2D eigenvalue weighted by molar-refractivity contribution is 0.667. The van der Waals surface area contributed by atoms with Gasteiger partial charge in [-0.1, -0.05) is 18.5 Å². The minimum atomic E-state index is 0.508. The first-order valence-electron chi connectivity index (χ1n) is 5.75. The Kier molecular flexibility index (Phi) is 4.76. The first-order chi connectivity index (χ1) is 8.65. The molecule has 1 atom stereocenters. The van der Waals surface area contributed by atoms with E-state index in [0.29, 0.717) is 16.2 Å². The maximum Gasteiger partial charge on any atom is 0.160 e. The lowest BCUT2D eigenvalue weighted by Gasteiger charge is -2.12. The van der Waals surface area contributed by atoms with Gasteiger partial charge in [0.05, 0.1) is 5.02 Å². The molecule has 0 spiro atoms. The molecule has 2 heterocycles. The summed E-state index contributed by atoms with van der Waals surface area (Å²) in [5.74, 6) is 1.54. The average Bonchev–Trinajstić information content (AvgIpc) is 2.67. The van der Waals surface area contributed by atoms with Crippen molar-refractivity contribution in [1.29, 1.82) is 0 Å². The van der Waals surface area contributed by atoms with E-state index in [9.17, 15) is 0 Å². The number of thioether (sulfide) groups is 1. The minimum absolute atomic E-state index is 0.508. The molecule has 2 rings (SSSR count). The number of alkyl halides is 1. The summed E-state index contributed by atoms with van der Waals surface area (Å²) < 4.78 is 2.15. The van der Waals surface area contributed by atoms with Gasteiger partial charge in [-0.2, -0.15) is 11.8 Å². The zero-order chi connectivity index (χ0) is 13.1. The third kappa shape index (κ3) is 2.92. The van der Waals surface area contributed by atoms with Crippen LogP contribution in [0.4, 0.5) is 0 Å². The Balaban J connectivity index is 2.48. The van der Waals surface area contributed by atoms with Crippen LogP contribution in [0, 0.1) is 0 Å². The Labute approximate surface area is 121 Å². The number of hydrogen-bond donors (Lipinski definition) is 0. The summed E-state index contributed by atoms with van der Waals surface area (Å²) in [5, 5.41) is 1.12. The van der Waals surface area contributed by atoms with E-state index in [1.807, 2.05) is 17.8 Å². The zero-order valence-electron chi connectivity index (χ0n) is 10.4. The molecule has 0 aliphatic rings. The summed E-state index contributed by atoms with van der Waals surface area (Å²) in [4.78, 5) is 8.96. The second-order valence-corrected chi connectivity index (χ2v) is 6.21. The van der Waals surface area contributed by atoms with Crippen molar-refractivity contribution in [3.63, 3.8) is 0 Å². The van der Waals surface area contributed by atoms with Crippen molar-refractivity contribution < 1.29 is 0 Å². The summed E-state index contributed by atoms with van der Waals surface area (Å²) in [6.45, 7) is 3.08. The predicted octanol–water partition coefficient (Wildman–Crippen LogP) is 3.62. The van der Waals surface area contributed by atoms with Crippen LogP contribution in [0.2, 0.25) is 5.02 Å². The molecule has 0 aromatic carbocycles. The van der Waals surface area contributed by atoms with Crippen LogP contribution in [0.1, 0.15) is 12.7 Å². The molecular formula is C12H15Cl2N3S. The van der Waals surface area contributed by atoms with Crippen molar-refractivity contribution >= 4 is 46.1 Å². The van der Waals surface area contributed by atoms with Crippen LogP contribution in [-0.4, -0.2) is 31.9 Å². The van der Waals surface area contributed by atoms with Crippen molar-refractivity contribution in [2.45, 2.75) is 25.1 Å². The molecule has 0 aliphatic carbocycles. The smallest absolute Gasteiger partial charge is 0.160 e. The highest BCUT2D eigenvalue weighted by Crippen LogP contribution is 2.20. The third-order valence-corrected chi connectivity index (χ3v) is 4.14. The van der Waals surface area contributed by atoms with Gasteiger partial charge in [-0.3, -0.25) is 0 Å². The number of rotatable bonds is 5. The Morgan fingerprint density at radius 2 is 2.28 bits per heavy atom. The molecule has 0 radical (unpaired) electrons. The van der Waals surface area contributed by atoms with E-state index in [-0.39, 0.29) is 0 Å². The normalized spacial score (nSPS) is 13.1. The number of imidazole rings is 1. The van der Waals surface area contributed by atoms with Crippen molar-refractivity contribution in [1.82, 2.24) is 14.5 Å². The number of nitrogens with zero attached hydrogens (tertiary/aromatic N) is 3. The monoisotopic (exact) mass is 303 g/mol. The van der Waals surface area contributed by atoms with E-state index in [2.05, 4.69) is 27.7 Å². The summed E-state index contributed by atoms with van der Waals surface area (Å²) >= 11 is 13.6. The van der Waals surface area contributed by atoms with E-state index in [0.717, 1.165) is 30.0 Å². The van der Waals surface area contributed by atoms with Crippen LogP contribution >= 0.6 is 35.0 Å². The summed E-state index contributed by atoms with van der Waals surface area (Å²) in [7, 11) is 0. The van der Waals surface area contributed by atoms with Gasteiger partial charge in [0, 0.05) is 30.3 Å². The van der Waals surface area contributed by atoms with Crippen LogP contribution in [0.25, 0.3) is 11.2 Å². The van der Waals surface area contributed by atoms with Crippen molar-refractivity contribution in [2.24, 2.45) is 0 Å². The van der Waals surface area contributed by atoms with Crippen molar-refractivity contribution in [2.75, 3.05) is 12.1 Å². The molecule has 1 unspecified atom stereocenters. The van der Waals surface area contributed by atoms with Crippen LogP contribution in [0.15, 0.2) is 12.3 Å². The van der Waals surface area contributed by atoms with E-state index in [1.165, 1.54) is 0 Å². The van der Waals surface area contributed by atoms with Gasteiger partial charge >= 0.3 is 0 Å². The van der Waals surface area contributed by atoms with Gasteiger partial charge in [-0.15, -0.1) is 11.6 Å². The Morgan fingerprint density at radius 1 is 1.50 bits per heavy atom. The Hall–Kier alpha value is -0.450. The number of hydrogen-bond acceptors (Lipinski definition) is 3. The van der Waals surface area contributed by atoms with Crippen LogP contribution in [0.3, 0.4) is 0 Å². The quantitative estimate of drug-likeness (QED) is 0.791. The zero-order valence-corrected chi connectivity index (χ0v) is 12.7. The maximum absolute atomic E-state index is 5.95. The molecular weight excluding hydrogens is 289 g/mol. The molecule has 0 saturated carbocycles.